The molecule has 1 aromatic carbocycles. The maximum atomic E-state index is 12.9. The summed E-state index contributed by atoms with van der Waals surface area (Å²) in [5.41, 5.74) is 2.37. The summed E-state index contributed by atoms with van der Waals surface area (Å²) in [4.78, 5) is 22.6. The van der Waals surface area contributed by atoms with Gasteiger partial charge in [0.25, 0.3) is 0 Å². The lowest BCUT2D eigenvalue weighted by Gasteiger charge is -2.34. The van der Waals surface area contributed by atoms with E-state index in [1.165, 1.54) is 10.9 Å². The highest BCUT2D eigenvalue weighted by molar-refractivity contribution is 7.09. The first-order chi connectivity index (χ1) is 15.3. The van der Waals surface area contributed by atoms with E-state index in [2.05, 4.69) is 32.3 Å². The monoisotopic (exact) mass is 435 g/mol. The van der Waals surface area contributed by atoms with Gasteiger partial charge in [0.15, 0.2) is 0 Å². The minimum absolute atomic E-state index is 0.107. The number of hydrogen-bond acceptors (Lipinski definition) is 6. The molecule has 8 heteroatoms. The lowest BCUT2D eigenvalue weighted by atomic mass is 10.0. The first-order valence-corrected chi connectivity index (χ1v) is 11.7. The highest BCUT2D eigenvalue weighted by Gasteiger charge is 2.29. The van der Waals surface area contributed by atoms with E-state index in [-0.39, 0.29) is 11.9 Å². The predicted octanol–water partition coefficient (Wildman–Crippen LogP) is 4.48. The first-order valence-electron chi connectivity index (χ1n) is 10.8. The molecule has 3 aromatic heterocycles. The fourth-order valence-electron chi connectivity index (χ4n) is 4.31. The van der Waals surface area contributed by atoms with Crippen LogP contribution in [-0.2, 0) is 24.1 Å². The normalized spacial score (nSPS) is 16.8. The Kier molecular flexibility index (Phi) is 5.80. The van der Waals surface area contributed by atoms with Crippen LogP contribution in [0.25, 0.3) is 10.9 Å². The van der Waals surface area contributed by atoms with Gasteiger partial charge in [-0.25, -0.2) is 4.98 Å². The van der Waals surface area contributed by atoms with Crippen LogP contribution >= 0.6 is 11.3 Å². The van der Waals surface area contributed by atoms with Gasteiger partial charge in [0.2, 0.25) is 17.7 Å². The Labute approximate surface area is 184 Å². The summed E-state index contributed by atoms with van der Waals surface area (Å²) >= 11 is 1.63. The molecular formula is C23H25N5O2S. The topological polar surface area (TPSA) is 87.9 Å². The molecule has 1 N–H and O–H groups in total. The maximum absolute atomic E-state index is 12.9. The number of piperidine rings is 1. The minimum atomic E-state index is 0.107. The fraction of sp³-hybridized carbons (Fsp3) is 0.391. The van der Waals surface area contributed by atoms with Crippen molar-refractivity contribution in [2.24, 2.45) is 0 Å². The Hall–Kier alpha value is -3.00. The van der Waals surface area contributed by atoms with Crippen molar-refractivity contribution >= 4 is 28.1 Å². The number of amides is 1. The van der Waals surface area contributed by atoms with Crippen molar-refractivity contribution in [3.05, 3.63) is 64.4 Å². The second-order valence-electron chi connectivity index (χ2n) is 7.92. The molecular weight excluding hydrogens is 410 g/mol. The van der Waals surface area contributed by atoms with E-state index in [0.717, 1.165) is 42.8 Å². The molecule has 4 aromatic rings. The molecule has 31 heavy (non-hydrogen) atoms. The predicted molar refractivity (Wildman–Crippen MR) is 119 cm³/mol. The van der Waals surface area contributed by atoms with Gasteiger partial charge in [-0.05, 0) is 37.3 Å². The van der Waals surface area contributed by atoms with Crippen molar-refractivity contribution in [1.29, 1.82) is 0 Å². The number of rotatable bonds is 7. The van der Waals surface area contributed by atoms with Crippen LogP contribution in [0.1, 0.15) is 54.1 Å². The Morgan fingerprint density at radius 2 is 2.03 bits per heavy atom. The number of carbonyl (C=O) groups excluding carboxylic acids is 1. The van der Waals surface area contributed by atoms with Crippen molar-refractivity contribution < 1.29 is 9.21 Å². The molecule has 0 aliphatic carbocycles. The largest absolute Gasteiger partial charge is 0.425 e. The third-order valence-corrected chi connectivity index (χ3v) is 6.78. The average molecular weight is 436 g/mol. The van der Waals surface area contributed by atoms with E-state index < -0.39 is 0 Å². The third kappa shape index (κ3) is 4.39. The van der Waals surface area contributed by atoms with E-state index in [1.54, 1.807) is 11.3 Å². The van der Waals surface area contributed by atoms with Crippen molar-refractivity contribution in [1.82, 2.24) is 25.1 Å². The van der Waals surface area contributed by atoms with Gasteiger partial charge in [0.05, 0.1) is 6.04 Å². The van der Waals surface area contributed by atoms with E-state index in [4.69, 9.17) is 4.42 Å². The van der Waals surface area contributed by atoms with Crippen LogP contribution in [0, 0.1) is 0 Å². The average Bonchev–Trinajstić information content (AvgIpc) is 3.57. The third-order valence-electron chi connectivity index (χ3n) is 5.90. The van der Waals surface area contributed by atoms with Crippen LogP contribution in [0.4, 0.5) is 0 Å². The van der Waals surface area contributed by atoms with Crippen molar-refractivity contribution in [3.63, 3.8) is 0 Å². The molecule has 1 saturated heterocycles. The molecule has 1 amide bonds. The van der Waals surface area contributed by atoms with Crippen LogP contribution in [0.15, 0.2) is 46.5 Å². The number of benzene rings is 1. The van der Waals surface area contributed by atoms with Gasteiger partial charge in [0.1, 0.15) is 5.01 Å². The van der Waals surface area contributed by atoms with E-state index >= 15 is 0 Å². The number of likely N-dealkylation sites (tertiary alicyclic amines) is 1. The van der Waals surface area contributed by atoms with E-state index in [9.17, 15) is 4.79 Å². The van der Waals surface area contributed by atoms with Crippen LogP contribution in [0.5, 0.6) is 0 Å². The SMILES string of the molecule is O=C(CCc1nnc(CCc2c[nH]c3ccccc23)o1)N1CCCCC1c1nccs1. The Morgan fingerprint density at radius 3 is 2.90 bits per heavy atom. The van der Waals surface area contributed by atoms with Gasteiger partial charge >= 0.3 is 0 Å². The lowest BCUT2D eigenvalue weighted by Crippen LogP contribution is -2.38. The van der Waals surface area contributed by atoms with Gasteiger partial charge < -0.3 is 14.3 Å². The summed E-state index contributed by atoms with van der Waals surface area (Å²) in [5, 5.41) is 12.6. The van der Waals surface area contributed by atoms with E-state index in [1.807, 2.05) is 34.8 Å². The Morgan fingerprint density at radius 1 is 1.16 bits per heavy atom. The zero-order valence-electron chi connectivity index (χ0n) is 17.3. The molecule has 5 rings (SSSR count). The quantitative estimate of drug-likeness (QED) is 0.462. The summed E-state index contributed by atoms with van der Waals surface area (Å²) in [7, 11) is 0. The van der Waals surface area contributed by atoms with Crippen molar-refractivity contribution in [2.75, 3.05) is 6.54 Å². The van der Waals surface area contributed by atoms with Gasteiger partial charge in [-0.2, -0.15) is 0 Å². The molecule has 1 atom stereocenters. The number of fused-ring (bicyclic) bond motifs is 1. The van der Waals surface area contributed by atoms with Crippen LogP contribution in [0.2, 0.25) is 0 Å². The Balaban J connectivity index is 1.16. The molecule has 0 radical (unpaired) electrons. The van der Waals surface area contributed by atoms with E-state index in [0.29, 0.717) is 31.0 Å². The number of thiazole rings is 1. The molecule has 7 nitrogen and oxygen atoms in total. The molecule has 1 aliphatic heterocycles. The number of aromatic nitrogens is 4. The molecule has 0 spiro atoms. The summed E-state index contributed by atoms with van der Waals surface area (Å²) in [6, 6.07) is 8.36. The summed E-state index contributed by atoms with van der Waals surface area (Å²) < 4.78 is 5.82. The maximum Gasteiger partial charge on any atom is 0.223 e. The van der Waals surface area contributed by atoms with Crippen LogP contribution in [0.3, 0.4) is 0 Å². The van der Waals surface area contributed by atoms with Crippen LogP contribution in [-0.4, -0.2) is 37.5 Å². The first kappa shape index (κ1) is 19.9. The zero-order chi connectivity index (χ0) is 21.0. The number of para-hydroxylation sites is 1. The number of nitrogens with zero attached hydrogens (tertiary/aromatic N) is 4. The highest BCUT2D eigenvalue weighted by Crippen LogP contribution is 2.32. The second kappa shape index (κ2) is 9.01. The van der Waals surface area contributed by atoms with Crippen molar-refractivity contribution in [2.45, 2.75) is 51.0 Å². The van der Waals surface area contributed by atoms with Crippen LogP contribution < -0.4 is 0 Å². The number of H-pyrrole nitrogens is 1. The van der Waals surface area contributed by atoms with Crippen molar-refractivity contribution in [3.8, 4) is 0 Å². The molecule has 160 valence electrons. The molecule has 1 unspecified atom stereocenters. The number of aromatic amines is 1. The van der Waals surface area contributed by atoms with Gasteiger partial charge in [-0.3, -0.25) is 4.79 Å². The molecule has 4 heterocycles. The summed E-state index contributed by atoms with van der Waals surface area (Å²) in [5.74, 6) is 1.29. The molecule has 0 saturated carbocycles. The molecule has 1 aliphatic rings. The smallest absolute Gasteiger partial charge is 0.223 e. The lowest BCUT2D eigenvalue weighted by molar-refractivity contribution is -0.135. The number of carbonyl (C=O) groups is 1. The van der Waals surface area contributed by atoms with Gasteiger partial charge in [-0.15, -0.1) is 21.5 Å². The van der Waals surface area contributed by atoms with Gasteiger partial charge in [-0.1, -0.05) is 18.2 Å². The molecule has 1 fully saturated rings. The zero-order valence-corrected chi connectivity index (χ0v) is 18.1. The standard InChI is InChI=1S/C23H25N5O2S/c29-22(28-13-4-3-7-19(28)23-24-12-14-31-23)11-10-21-27-26-20(30-21)9-8-16-15-25-18-6-2-1-5-17(16)18/h1-2,5-6,12,14-15,19,25H,3-4,7-11,13H2. The summed E-state index contributed by atoms with van der Waals surface area (Å²) in [6.07, 6.45) is 9.38. The number of nitrogens with one attached hydrogen (secondary N) is 1. The highest BCUT2D eigenvalue weighted by atomic mass is 32.1. The second-order valence-corrected chi connectivity index (χ2v) is 8.84. The fourth-order valence-corrected chi connectivity index (χ4v) is 5.10. The number of hydrogen-bond donors (Lipinski definition) is 1. The molecule has 0 bridgehead atoms. The number of aryl methyl sites for hydroxylation is 3. The Bertz CT molecular complexity index is 1150. The van der Waals surface area contributed by atoms with Gasteiger partial charge in [0, 0.05) is 54.5 Å². The summed E-state index contributed by atoms with van der Waals surface area (Å²) in [6.45, 7) is 0.794. The minimum Gasteiger partial charge on any atom is -0.425 e.